The molecule has 2 amide bonds. The van der Waals surface area contributed by atoms with Crippen LogP contribution in [0.4, 0.5) is 5.69 Å². The van der Waals surface area contributed by atoms with Gasteiger partial charge in [0.25, 0.3) is 11.8 Å². The third-order valence-corrected chi connectivity index (χ3v) is 5.61. The SMILES string of the molecule is COc1ccc(NC2=C(c3ccc(C)c(C)c3)C(=O)N(CCCOC(C)C)C2=O)c(OC)c1. The zero-order chi connectivity index (χ0) is 24.1. The molecule has 1 aliphatic rings. The highest BCUT2D eigenvalue weighted by Gasteiger charge is 2.39. The van der Waals surface area contributed by atoms with E-state index in [9.17, 15) is 9.59 Å². The van der Waals surface area contributed by atoms with Crippen LogP contribution in [0.2, 0.25) is 0 Å². The molecule has 7 nitrogen and oxygen atoms in total. The number of carbonyl (C=O) groups excluding carboxylic acids is 2. The van der Waals surface area contributed by atoms with E-state index in [1.54, 1.807) is 32.4 Å². The van der Waals surface area contributed by atoms with Gasteiger partial charge in [0.15, 0.2) is 0 Å². The molecular weight excluding hydrogens is 420 g/mol. The maximum absolute atomic E-state index is 13.4. The molecule has 0 unspecified atom stereocenters. The first-order chi connectivity index (χ1) is 15.8. The minimum Gasteiger partial charge on any atom is -0.497 e. The fourth-order valence-corrected chi connectivity index (χ4v) is 3.64. The molecule has 0 bridgehead atoms. The molecule has 2 aromatic carbocycles. The van der Waals surface area contributed by atoms with Gasteiger partial charge in [0.05, 0.1) is 31.6 Å². The summed E-state index contributed by atoms with van der Waals surface area (Å²) in [4.78, 5) is 28.1. The number of carbonyl (C=O) groups is 2. The minimum atomic E-state index is -0.365. The summed E-state index contributed by atoms with van der Waals surface area (Å²) in [6.07, 6.45) is 0.661. The Bertz CT molecular complexity index is 1070. The smallest absolute Gasteiger partial charge is 0.278 e. The second-order valence-corrected chi connectivity index (χ2v) is 8.28. The highest BCUT2D eigenvalue weighted by Crippen LogP contribution is 2.35. The first kappa shape index (κ1) is 24.3. The Morgan fingerprint density at radius 1 is 0.939 bits per heavy atom. The fourth-order valence-electron chi connectivity index (χ4n) is 3.64. The normalized spacial score (nSPS) is 13.8. The molecule has 0 radical (unpaired) electrons. The molecule has 0 saturated carbocycles. The number of hydrogen-bond acceptors (Lipinski definition) is 6. The van der Waals surface area contributed by atoms with Crippen LogP contribution in [0.5, 0.6) is 11.5 Å². The van der Waals surface area contributed by atoms with Crippen molar-refractivity contribution in [1.82, 2.24) is 4.90 Å². The van der Waals surface area contributed by atoms with Gasteiger partial charge in [0.1, 0.15) is 17.2 Å². The molecule has 3 rings (SSSR count). The van der Waals surface area contributed by atoms with Crippen LogP contribution in [0.15, 0.2) is 42.1 Å². The van der Waals surface area contributed by atoms with E-state index in [0.717, 1.165) is 11.1 Å². The van der Waals surface area contributed by atoms with Crippen molar-refractivity contribution in [3.8, 4) is 11.5 Å². The van der Waals surface area contributed by atoms with Crippen LogP contribution in [0.25, 0.3) is 5.57 Å². The lowest BCUT2D eigenvalue weighted by Gasteiger charge is -2.16. The average Bonchev–Trinajstić information content (AvgIpc) is 3.02. The Balaban J connectivity index is 1.99. The number of ether oxygens (including phenoxy) is 3. The summed E-state index contributed by atoms with van der Waals surface area (Å²) in [6, 6.07) is 11.0. The van der Waals surface area contributed by atoms with Crippen molar-refractivity contribution in [2.45, 2.75) is 40.2 Å². The predicted octanol–water partition coefficient (Wildman–Crippen LogP) is 4.33. The quantitative estimate of drug-likeness (QED) is 0.427. The lowest BCUT2D eigenvalue weighted by atomic mass is 9.99. The van der Waals surface area contributed by atoms with Gasteiger partial charge in [-0.25, -0.2) is 0 Å². The number of nitrogens with zero attached hydrogens (tertiary/aromatic N) is 1. The maximum atomic E-state index is 13.4. The van der Waals surface area contributed by atoms with E-state index in [2.05, 4.69) is 5.32 Å². The lowest BCUT2D eigenvalue weighted by molar-refractivity contribution is -0.137. The predicted molar refractivity (Wildman–Crippen MR) is 128 cm³/mol. The van der Waals surface area contributed by atoms with Crippen molar-refractivity contribution < 1.29 is 23.8 Å². The zero-order valence-corrected chi connectivity index (χ0v) is 20.2. The number of anilines is 1. The van der Waals surface area contributed by atoms with Gasteiger partial charge in [0, 0.05) is 19.2 Å². The standard InChI is InChI=1S/C26H32N2O5/c1-16(2)33-13-7-12-28-25(29)23(19-9-8-17(3)18(4)14-19)24(26(28)30)27-21-11-10-20(31-5)15-22(21)32-6/h8-11,14-16,27H,7,12-13H2,1-6H3. The van der Waals surface area contributed by atoms with E-state index in [1.165, 1.54) is 4.90 Å². The monoisotopic (exact) mass is 452 g/mol. The average molecular weight is 453 g/mol. The summed E-state index contributed by atoms with van der Waals surface area (Å²) in [6.45, 7) is 8.66. The molecule has 0 atom stereocenters. The molecule has 0 spiro atoms. The van der Waals surface area contributed by atoms with Crippen molar-refractivity contribution in [2.75, 3.05) is 32.7 Å². The molecule has 1 aliphatic heterocycles. The topological polar surface area (TPSA) is 77.1 Å². The second kappa shape index (κ2) is 10.5. The summed E-state index contributed by atoms with van der Waals surface area (Å²) < 4.78 is 16.3. The molecule has 176 valence electrons. The van der Waals surface area contributed by atoms with Crippen molar-refractivity contribution in [3.05, 3.63) is 58.8 Å². The minimum absolute atomic E-state index is 0.0963. The van der Waals surface area contributed by atoms with Crippen LogP contribution >= 0.6 is 0 Å². The Hall–Kier alpha value is -3.32. The highest BCUT2D eigenvalue weighted by atomic mass is 16.5. The van der Waals surface area contributed by atoms with Gasteiger partial charge in [-0.3, -0.25) is 14.5 Å². The van der Waals surface area contributed by atoms with Crippen LogP contribution in [0.1, 0.15) is 37.0 Å². The van der Waals surface area contributed by atoms with E-state index < -0.39 is 0 Å². The van der Waals surface area contributed by atoms with Crippen molar-refractivity contribution in [2.24, 2.45) is 0 Å². The molecule has 0 fully saturated rings. The van der Waals surface area contributed by atoms with Crippen LogP contribution in [0.3, 0.4) is 0 Å². The summed E-state index contributed by atoms with van der Waals surface area (Å²) in [5.41, 5.74) is 4.02. The van der Waals surface area contributed by atoms with Crippen molar-refractivity contribution in [1.29, 1.82) is 0 Å². The van der Waals surface area contributed by atoms with Crippen LogP contribution in [-0.4, -0.2) is 50.2 Å². The first-order valence-electron chi connectivity index (χ1n) is 11.1. The van der Waals surface area contributed by atoms with Crippen molar-refractivity contribution >= 4 is 23.1 Å². The molecule has 2 aromatic rings. The van der Waals surface area contributed by atoms with E-state index in [-0.39, 0.29) is 30.2 Å². The van der Waals surface area contributed by atoms with Gasteiger partial charge in [-0.2, -0.15) is 0 Å². The van der Waals surface area contributed by atoms with Gasteiger partial charge >= 0.3 is 0 Å². The largest absolute Gasteiger partial charge is 0.497 e. The summed E-state index contributed by atoms with van der Waals surface area (Å²) >= 11 is 0. The summed E-state index contributed by atoms with van der Waals surface area (Å²) in [5.74, 6) is 0.449. The maximum Gasteiger partial charge on any atom is 0.278 e. The number of benzene rings is 2. The first-order valence-corrected chi connectivity index (χ1v) is 11.1. The van der Waals surface area contributed by atoms with E-state index in [1.807, 2.05) is 45.9 Å². The Labute approximate surface area is 195 Å². The number of rotatable bonds is 10. The second-order valence-electron chi connectivity index (χ2n) is 8.28. The number of amides is 2. The van der Waals surface area contributed by atoms with Gasteiger partial charge in [0.2, 0.25) is 0 Å². The Morgan fingerprint density at radius 3 is 2.33 bits per heavy atom. The van der Waals surface area contributed by atoms with E-state index in [4.69, 9.17) is 14.2 Å². The zero-order valence-electron chi connectivity index (χ0n) is 20.2. The third kappa shape index (κ3) is 5.37. The molecule has 1 heterocycles. The Morgan fingerprint density at radius 2 is 1.70 bits per heavy atom. The van der Waals surface area contributed by atoms with Gasteiger partial charge in [-0.15, -0.1) is 0 Å². The van der Waals surface area contributed by atoms with Crippen LogP contribution in [-0.2, 0) is 14.3 Å². The summed E-state index contributed by atoms with van der Waals surface area (Å²) in [5, 5.41) is 3.17. The highest BCUT2D eigenvalue weighted by molar-refractivity contribution is 6.36. The Kier molecular flexibility index (Phi) is 7.76. The lowest BCUT2D eigenvalue weighted by Crippen LogP contribution is -2.34. The van der Waals surface area contributed by atoms with Gasteiger partial charge in [-0.1, -0.05) is 18.2 Å². The number of aryl methyl sites for hydroxylation is 2. The third-order valence-electron chi connectivity index (χ3n) is 5.61. The molecular formula is C26H32N2O5. The molecule has 1 N–H and O–H groups in total. The van der Waals surface area contributed by atoms with E-state index >= 15 is 0 Å². The number of hydrogen-bond donors (Lipinski definition) is 1. The number of imide groups is 1. The molecule has 0 aliphatic carbocycles. The molecule has 33 heavy (non-hydrogen) atoms. The molecule has 0 aromatic heterocycles. The van der Waals surface area contributed by atoms with Gasteiger partial charge < -0.3 is 19.5 Å². The fraction of sp³-hybridized carbons (Fsp3) is 0.385. The van der Waals surface area contributed by atoms with Gasteiger partial charge in [-0.05, 0) is 62.9 Å². The molecule has 7 heteroatoms. The number of methoxy groups -OCH3 is 2. The van der Waals surface area contributed by atoms with E-state index in [0.29, 0.717) is 41.4 Å². The van der Waals surface area contributed by atoms with Crippen molar-refractivity contribution in [3.63, 3.8) is 0 Å². The number of nitrogens with one attached hydrogen (secondary N) is 1. The van der Waals surface area contributed by atoms with Crippen LogP contribution < -0.4 is 14.8 Å². The molecule has 0 saturated heterocycles. The van der Waals surface area contributed by atoms with Crippen LogP contribution in [0, 0.1) is 13.8 Å². The summed E-state index contributed by atoms with van der Waals surface area (Å²) in [7, 11) is 3.11.